The van der Waals surface area contributed by atoms with Gasteiger partial charge >= 0.3 is 0 Å². The molecule has 0 aromatic rings. The van der Waals surface area contributed by atoms with Crippen molar-refractivity contribution in [2.75, 3.05) is 0 Å². The molecule has 0 aromatic carbocycles. The molecular weight excluding hydrogens is 226 g/mol. The average Bonchev–Trinajstić information content (AvgIpc) is 2.67. The monoisotopic (exact) mass is 247 g/mol. The van der Waals surface area contributed by atoms with Gasteiger partial charge in [0.2, 0.25) is 0 Å². The second kappa shape index (κ2) is 6.28. The molecule has 1 aliphatic heterocycles. The second-order valence-electron chi connectivity index (χ2n) is 4.35. The van der Waals surface area contributed by atoms with Crippen molar-refractivity contribution >= 4 is 17.5 Å². The molecule has 4 heteroatoms. The molecule has 1 aliphatic rings. The number of nitrogens with two attached hydrogens (primary N) is 1. The molecule has 0 fully saturated rings. The average molecular weight is 247 g/mol. The highest BCUT2D eigenvalue weighted by Gasteiger charge is 2.39. The quantitative estimate of drug-likeness (QED) is 0.719. The summed E-state index contributed by atoms with van der Waals surface area (Å²) in [5.74, 6) is 0.256. The van der Waals surface area contributed by atoms with Gasteiger partial charge in [0.05, 0.1) is 5.71 Å². The van der Waals surface area contributed by atoms with E-state index in [9.17, 15) is 4.79 Å². The lowest BCUT2D eigenvalue weighted by molar-refractivity contribution is -0.120. The molecule has 0 aromatic heterocycles. The summed E-state index contributed by atoms with van der Waals surface area (Å²) < 4.78 is 0. The molecule has 0 bridgehead atoms. The van der Waals surface area contributed by atoms with Crippen molar-refractivity contribution in [2.24, 2.45) is 15.7 Å². The highest BCUT2D eigenvalue weighted by atomic mass is 16.1. The zero-order valence-corrected chi connectivity index (χ0v) is 11.3. The number of hydrogen-bond acceptors (Lipinski definition) is 3. The van der Waals surface area contributed by atoms with Crippen LogP contribution in [-0.2, 0) is 4.79 Å². The number of amidine groups is 1. The van der Waals surface area contributed by atoms with Crippen LogP contribution in [-0.4, -0.2) is 23.0 Å². The van der Waals surface area contributed by atoms with Gasteiger partial charge in [-0.2, -0.15) is 0 Å². The van der Waals surface area contributed by atoms with Gasteiger partial charge in [-0.15, -0.1) is 0 Å². The van der Waals surface area contributed by atoms with E-state index in [-0.39, 0.29) is 0 Å². The van der Waals surface area contributed by atoms with Crippen molar-refractivity contribution in [3.05, 3.63) is 24.3 Å². The van der Waals surface area contributed by atoms with Crippen LogP contribution in [0, 0.1) is 0 Å². The van der Waals surface area contributed by atoms with Gasteiger partial charge < -0.3 is 5.73 Å². The molecule has 98 valence electrons. The Morgan fingerprint density at radius 2 is 2.00 bits per heavy atom. The highest BCUT2D eigenvalue weighted by molar-refractivity contribution is 6.20. The zero-order chi connectivity index (χ0) is 13.6. The van der Waals surface area contributed by atoms with Gasteiger partial charge in [0, 0.05) is 12.8 Å². The van der Waals surface area contributed by atoms with Gasteiger partial charge in [0.1, 0.15) is 5.84 Å². The third kappa shape index (κ3) is 3.15. The topological polar surface area (TPSA) is 67.8 Å². The number of nitrogens with zero attached hydrogens (tertiary/aromatic N) is 2. The summed E-state index contributed by atoms with van der Waals surface area (Å²) in [5, 5.41) is 0. The van der Waals surface area contributed by atoms with Gasteiger partial charge in [-0.1, -0.05) is 38.2 Å². The maximum Gasteiger partial charge on any atom is 0.251 e. The minimum absolute atomic E-state index is 0.442. The number of aliphatic imine (C=N–C) groups is 2. The van der Waals surface area contributed by atoms with Crippen molar-refractivity contribution in [3.8, 4) is 0 Å². The molecular formula is C14H21N3O. The van der Waals surface area contributed by atoms with Crippen LogP contribution in [0.15, 0.2) is 34.3 Å². The van der Waals surface area contributed by atoms with E-state index in [1.54, 1.807) is 6.92 Å². The molecule has 1 heterocycles. The lowest BCUT2D eigenvalue weighted by Crippen LogP contribution is -2.44. The Hall–Kier alpha value is -1.71. The van der Waals surface area contributed by atoms with E-state index in [0.717, 1.165) is 12.1 Å². The molecule has 1 amide bonds. The number of primary amides is 1. The second-order valence-corrected chi connectivity index (χ2v) is 4.35. The number of carbonyl (C=O) groups excluding carboxylic acids is 1. The summed E-state index contributed by atoms with van der Waals surface area (Å²) >= 11 is 0. The maximum absolute atomic E-state index is 11.5. The summed E-state index contributed by atoms with van der Waals surface area (Å²) in [5.41, 5.74) is 5.19. The number of amides is 1. The molecule has 18 heavy (non-hydrogen) atoms. The van der Waals surface area contributed by atoms with Gasteiger partial charge in [-0.25, -0.2) is 9.98 Å². The summed E-state index contributed by atoms with van der Waals surface area (Å²) in [6.45, 7) is 5.77. The highest BCUT2D eigenvalue weighted by Crippen LogP contribution is 2.22. The van der Waals surface area contributed by atoms with Gasteiger partial charge in [0.15, 0.2) is 5.54 Å². The van der Waals surface area contributed by atoms with Gasteiger partial charge in [0.25, 0.3) is 5.91 Å². The number of carbonyl (C=O) groups is 1. The Morgan fingerprint density at radius 1 is 1.33 bits per heavy atom. The van der Waals surface area contributed by atoms with Crippen LogP contribution in [0.2, 0.25) is 0 Å². The maximum atomic E-state index is 11.5. The molecule has 1 rings (SSSR count). The Bertz CT molecular complexity index is 432. The van der Waals surface area contributed by atoms with E-state index < -0.39 is 11.4 Å². The van der Waals surface area contributed by atoms with E-state index in [1.165, 1.54) is 0 Å². The van der Waals surface area contributed by atoms with E-state index in [2.05, 4.69) is 23.0 Å². The van der Waals surface area contributed by atoms with Crippen LogP contribution in [0.1, 0.15) is 40.0 Å². The van der Waals surface area contributed by atoms with Crippen LogP contribution in [0.25, 0.3) is 0 Å². The first kappa shape index (κ1) is 14.4. The predicted molar refractivity (Wildman–Crippen MR) is 75.9 cm³/mol. The number of rotatable bonds is 6. The van der Waals surface area contributed by atoms with Crippen molar-refractivity contribution in [2.45, 2.75) is 45.6 Å². The van der Waals surface area contributed by atoms with E-state index >= 15 is 0 Å². The first-order chi connectivity index (χ1) is 8.54. The number of hydrogen-bond donors (Lipinski definition) is 1. The lowest BCUT2D eigenvalue weighted by atomic mass is 9.94. The first-order valence-electron chi connectivity index (χ1n) is 6.33. The minimum atomic E-state index is -0.968. The van der Waals surface area contributed by atoms with Crippen LogP contribution >= 0.6 is 0 Å². The molecule has 0 radical (unpaired) electrons. The van der Waals surface area contributed by atoms with Crippen LogP contribution in [0.5, 0.6) is 0 Å². The standard InChI is InChI=1S/C14H21N3O/c1-4-6-7-8-9-10-11-14(3,13(15)18)17-12(5-2)16-11/h6-9H,4-5,10H2,1-3H3,(H2,15,18). The first-order valence-corrected chi connectivity index (χ1v) is 6.33. The molecule has 0 saturated carbocycles. The normalized spacial score (nSPS) is 23.7. The third-order valence-corrected chi connectivity index (χ3v) is 2.90. The molecule has 1 unspecified atom stereocenters. The third-order valence-electron chi connectivity index (χ3n) is 2.90. The molecule has 1 atom stereocenters. The predicted octanol–water partition coefficient (Wildman–Crippen LogP) is 2.41. The lowest BCUT2D eigenvalue weighted by Gasteiger charge is -2.17. The van der Waals surface area contributed by atoms with Crippen LogP contribution < -0.4 is 5.73 Å². The van der Waals surface area contributed by atoms with E-state index in [0.29, 0.717) is 18.7 Å². The molecule has 4 nitrogen and oxygen atoms in total. The largest absolute Gasteiger partial charge is 0.367 e. The summed E-state index contributed by atoms with van der Waals surface area (Å²) in [6.07, 6.45) is 10.3. The Morgan fingerprint density at radius 3 is 2.56 bits per heavy atom. The number of allylic oxidation sites excluding steroid dienone is 4. The molecule has 0 spiro atoms. The van der Waals surface area contributed by atoms with Gasteiger partial charge in [-0.05, 0) is 13.3 Å². The van der Waals surface area contributed by atoms with E-state index in [4.69, 9.17) is 5.73 Å². The van der Waals surface area contributed by atoms with Crippen LogP contribution in [0.3, 0.4) is 0 Å². The van der Waals surface area contributed by atoms with Crippen LogP contribution in [0.4, 0.5) is 0 Å². The van der Waals surface area contributed by atoms with E-state index in [1.807, 2.05) is 25.2 Å². The van der Waals surface area contributed by atoms with Gasteiger partial charge in [-0.3, -0.25) is 4.79 Å². The Labute approximate surface area is 108 Å². The summed E-state index contributed by atoms with van der Waals surface area (Å²) in [6, 6.07) is 0. The Kier molecular flexibility index (Phi) is 5.01. The fourth-order valence-electron chi connectivity index (χ4n) is 1.68. The zero-order valence-electron chi connectivity index (χ0n) is 11.3. The Balaban J connectivity index is 2.78. The van der Waals surface area contributed by atoms with Crippen molar-refractivity contribution in [1.82, 2.24) is 0 Å². The molecule has 2 N–H and O–H groups in total. The fourth-order valence-corrected chi connectivity index (χ4v) is 1.68. The van der Waals surface area contributed by atoms with Crippen molar-refractivity contribution in [3.63, 3.8) is 0 Å². The smallest absolute Gasteiger partial charge is 0.251 e. The van der Waals surface area contributed by atoms with Crippen molar-refractivity contribution in [1.29, 1.82) is 0 Å². The minimum Gasteiger partial charge on any atom is -0.367 e. The summed E-state index contributed by atoms with van der Waals surface area (Å²) in [4.78, 5) is 20.2. The summed E-state index contributed by atoms with van der Waals surface area (Å²) in [7, 11) is 0. The fraction of sp³-hybridized carbons (Fsp3) is 0.500. The SMILES string of the molecule is CCC=CC=CCC1=NC(CC)=NC1(C)C(N)=O. The molecule has 0 saturated heterocycles. The van der Waals surface area contributed by atoms with Crippen molar-refractivity contribution < 1.29 is 4.79 Å². The molecule has 0 aliphatic carbocycles.